The number of nitrogens with zero attached hydrogens (tertiary/aromatic N) is 7. The molecule has 2 N–H and O–H groups in total. The van der Waals surface area contributed by atoms with Gasteiger partial charge in [-0.2, -0.15) is 35.4 Å². The van der Waals surface area contributed by atoms with Crippen LogP contribution < -0.4 is 27.9 Å². The Bertz CT molecular complexity index is 4490. The second kappa shape index (κ2) is 35.3. The van der Waals surface area contributed by atoms with Crippen molar-refractivity contribution < 1.29 is 97.3 Å². The summed E-state index contributed by atoms with van der Waals surface area (Å²) >= 11 is 11.4. The predicted molar refractivity (Wildman–Crippen MR) is 358 cm³/mol. The summed E-state index contributed by atoms with van der Waals surface area (Å²) in [5, 5.41) is 24.2. The molecular weight excluding hydrogens is 1440 g/mol. The third-order valence-electron chi connectivity index (χ3n) is 12.4. The van der Waals surface area contributed by atoms with Crippen molar-refractivity contribution in [3.63, 3.8) is 0 Å². The van der Waals surface area contributed by atoms with E-state index in [1.807, 2.05) is 60.9 Å². The number of methoxy groups -OCH3 is 2. The van der Waals surface area contributed by atoms with E-state index in [1.54, 1.807) is 93.2 Å². The molecule has 23 nitrogen and oxygen atoms in total. The number of hydrogen-bond donors (Lipinski definition) is 2. The number of aliphatic hydroxyl groups excluding tert-OH is 1. The van der Waals surface area contributed by atoms with Gasteiger partial charge in [-0.25, -0.2) is 55.5 Å². The molecule has 4 heterocycles. The van der Waals surface area contributed by atoms with Crippen molar-refractivity contribution >= 4 is 118 Å². The molecule has 0 spiro atoms. The lowest BCUT2D eigenvalue weighted by Crippen LogP contribution is -2.46. The largest absolute Gasteiger partial charge is 0.618 e. The maximum absolute atomic E-state index is 12.0. The molecule has 0 radical (unpaired) electrons. The van der Waals surface area contributed by atoms with Crippen molar-refractivity contribution in [2.24, 2.45) is 14.1 Å². The highest BCUT2D eigenvalue weighted by Gasteiger charge is 2.55. The van der Waals surface area contributed by atoms with Crippen molar-refractivity contribution in [2.75, 3.05) is 60.8 Å². The Labute approximate surface area is 561 Å². The standard InChI is InChI=1S/C20H24N2O4S.C16H18ClN2O4S.C9H9N.C5H4ClNO.C5H11NO2P2S.C2HF6NO4S2/c1-21-13-17(16-7-5-6-8-18(16)21)19(20(23)22(2)27(4,24)25)14-9-11-15(26-3)12-10-14;1-18(24(3,20)21)16(23-19-11-5-4-6-15(19)17)12-13-7-9-14(22-2)10-8-13;1-10-7-6-8-4-2-3-5-9(8)10;6-5-3-1-2-4-7(5)8;1-6(11(3,7)8)4-5-10(2)9;3-1(4,5)14(10,11)9-15(12,13)2(6,7)8/h5-13,19-20,23H,1-4H3;4-12H,1-3H3;2-7H,1H3;1-4H;9H2,1-3H3;9H/q;+1;;;;/b;16-12+;;;;/t19?,20-;;;;;/m0...../s1. The van der Waals surface area contributed by atoms with Crippen LogP contribution in [0.5, 0.6) is 11.5 Å². The number of aliphatic hydroxyl groups is 1. The van der Waals surface area contributed by atoms with E-state index in [1.165, 1.54) is 49.0 Å². The summed E-state index contributed by atoms with van der Waals surface area (Å²) in [6.45, 7) is 1.93. The highest BCUT2D eigenvalue weighted by atomic mass is 35.5. The van der Waals surface area contributed by atoms with Crippen molar-refractivity contribution in [3.8, 4) is 23.2 Å². The number of para-hydroxylation sites is 2. The van der Waals surface area contributed by atoms with Crippen molar-refractivity contribution in [1.82, 2.24) is 26.2 Å². The number of pyridine rings is 2. The van der Waals surface area contributed by atoms with E-state index >= 15 is 0 Å². The first-order valence-electron chi connectivity index (χ1n) is 26.4. The lowest BCUT2D eigenvalue weighted by atomic mass is 9.89. The number of alkyl halides is 6. The summed E-state index contributed by atoms with van der Waals surface area (Å²) < 4.78 is 197. The molecule has 0 aliphatic carbocycles. The van der Waals surface area contributed by atoms with Gasteiger partial charge in [0.2, 0.25) is 36.3 Å². The Balaban J connectivity index is 0.000000314. The SMILES string of the molecule is CN(C#CP(C)P)S(C)(=O)=O.COc1ccc(/C=C(/O[n+]2ccccc2Cl)N(C)S(C)(=O)=O)cc1.COc1ccc(C(c2cn(C)c3ccccc23)[C@H](O)N(C)S(C)(=O)=O)cc1.Cn1ccc2ccccc21.O=S(=O)(NS(=O)(=O)C(F)(F)F)C(F)(F)F.[O-][n+]1ccccc1Cl. The predicted octanol–water partition coefficient (Wildman–Crippen LogP) is 8.61. The van der Waals surface area contributed by atoms with Gasteiger partial charge in [-0.05, 0) is 120 Å². The molecule has 0 bridgehead atoms. The summed E-state index contributed by atoms with van der Waals surface area (Å²) in [5.41, 5.74) is -4.80. The fourth-order valence-electron chi connectivity index (χ4n) is 7.21. The maximum atomic E-state index is 12.0. The molecule has 0 aliphatic rings. The fourth-order valence-corrected chi connectivity index (χ4v) is 11.1. The molecule has 0 amide bonds. The van der Waals surface area contributed by atoms with Gasteiger partial charge in [0, 0.05) is 105 Å². The van der Waals surface area contributed by atoms with Gasteiger partial charge in [0.1, 0.15) is 17.7 Å². The molecular formula is C57H67Cl2F6N8O15P2S5+. The van der Waals surface area contributed by atoms with Crippen LogP contribution in [0, 0.1) is 16.9 Å². The normalized spacial score (nSPS) is 12.9. The number of aromatic nitrogens is 4. The molecule has 4 aromatic heterocycles. The maximum Gasteiger partial charge on any atom is 0.512 e. The number of sulfonamides is 5. The van der Waals surface area contributed by atoms with E-state index in [0.717, 1.165) is 59.3 Å². The molecule has 0 saturated heterocycles. The Morgan fingerprint density at radius 3 is 1.60 bits per heavy atom. The van der Waals surface area contributed by atoms with Crippen LogP contribution in [0.15, 0.2) is 170 Å². The molecule has 38 heteroatoms. The molecule has 4 atom stereocenters. The lowest BCUT2D eigenvalue weighted by molar-refractivity contribution is -0.880. The van der Waals surface area contributed by atoms with Crippen LogP contribution in [-0.2, 0) is 64.2 Å². The molecule has 4 aromatic carbocycles. The zero-order valence-corrected chi connectivity index (χ0v) is 59.8. The quantitative estimate of drug-likeness (QED) is 0.0112. The number of nitrogens with one attached hydrogen (secondary N) is 1. The van der Waals surface area contributed by atoms with E-state index in [-0.39, 0.29) is 11.0 Å². The number of halogens is 8. The lowest BCUT2D eigenvalue weighted by Gasteiger charge is -2.29. The summed E-state index contributed by atoms with van der Waals surface area (Å²) in [7, 11) is -9.92. The number of likely N-dealkylation sites (N-methyl/N-ethyl adjacent to an activating group) is 1. The molecule has 8 aromatic rings. The molecule has 520 valence electrons. The van der Waals surface area contributed by atoms with Gasteiger partial charge in [0.05, 0.1) is 38.9 Å². The molecule has 0 aliphatic heterocycles. The minimum Gasteiger partial charge on any atom is -0.618 e. The van der Waals surface area contributed by atoms with Gasteiger partial charge in [-0.15, -0.1) is 0 Å². The third-order valence-corrected chi connectivity index (χ3v) is 20.3. The van der Waals surface area contributed by atoms with Crippen LogP contribution in [0.2, 0.25) is 10.3 Å². The number of benzene rings is 4. The molecule has 3 unspecified atom stereocenters. The van der Waals surface area contributed by atoms with Gasteiger partial charge >= 0.3 is 36.2 Å². The van der Waals surface area contributed by atoms with Crippen LogP contribution in [-0.4, -0.2) is 147 Å². The van der Waals surface area contributed by atoms with Gasteiger partial charge < -0.3 is 28.9 Å². The van der Waals surface area contributed by atoms with E-state index in [9.17, 15) is 78.7 Å². The van der Waals surface area contributed by atoms with E-state index < -0.39 is 85.0 Å². The van der Waals surface area contributed by atoms with Gasteiger partial charge in [0.15, 0.2) is 6.20 Å². The molecule has 0 saturated carbocycles. The zero-order chi connectivity index (χ0) is 72.2. The minimum absolute atomic E-state index is 0.0979. The summed E-state index contributed by atoms with van der Waals surface area (Å²) in [5.74, 6) is 0.940. The first-order valence-corrected chi connectivity index (χ1v) is 39.1. The molecule has 0 fully saturated rings. The van der Waals surface area contributed by atoms with E-state index in [0.29, 0.717) is 21.4 Å². The zero-order valence-electron chi connectivity index (χ0n) is 52.2. The Morgan fingerprint density at radius 1 is 0.674 bits per heavy atom. The van der Waals surface area contributed by atoms with Crippen LogP contribution in [0.4, 0.5) is 26.3 Å². The fraction of sp³-hybridized carbons (Fsp3) is 0.263. The van der Waals surface area contributed by atoms with E-state index in [2.05, 4.69) is 68.8 Å². The van der Waals surface area contributed by atoms with Crippen molar-refractivity contribution in [3.05, 3.63) is 202 Å². The van der Waals surface area contributed by atoms with Crippen LogP contribution >= 0.6 is 39.7 Å². The third kappa shape index (κ3) is 25.5. The van der Waals surface area contributed by atoms with Gasteiger partial charge in [-0.1, -0.05) is 73.7 Å². The second-order valence-electron chi connectivity index (χ2n) is 19.5. The highest BCUT2D eigenvalue weighted by molar-refractivity contribution is 8.16. The number of aryl methyl sites for hydroxylation is 2. The van der Waals surface area contributed by atoms with Gasteiger partial charge in [-0.3, -0.25) is 0 Å². The van der Waals surface area contributed by atoms with Crippen molar-refractivity contribution in [2.45, 2.75) is 23.2 Å². The monoisotopic (exact) mass is 1510 g/mol. The first kappa shape index (κ1) is 82.2. The van der Waals surface area contributed by atoms with Crippen LogP contribution in [0.25, 0.3) is 27.9 Å². The molecule has 95 heavy (non-hydrogen) atoms. The van der Waals surface area contributed by atoms with Crippen LogP contribution in [0.1, 0.15) is 22.6 Å². The summed E-state index contributed by atoms with van der Waals surface area (Å²) in [6, 6.07) is 45.3. The highest BCUT2D eigenvalue weighted by Crippen LogP contribution is 2.38. The topological polar surface area (TPSA) is 281 Å². The average Bonchev–Trinajstić information content (AvgIpc) is 1.71. The Hall–Kier alpha value is -6.99. The Morgan fingerprint density at radius 2 is 1.16 bits per heavy atom. The summed E-state index contributed by atoms with van der Waals surface area (Å²) in [6.07, 6.45) is 10.6. The number of hydrogen-bond acceptors (Lipinski definition) is 15. The summed E-state index contributed by atoms with van der Waals surface area (Å²) in [4.78, 5) is 5.66. The second-order valence-corrected chi connectivity index (χ2v) is 33.7. The Kier molecular flexibility index (Phi) is 30.6. The number of ether oxygens (including phenoxy) is 2. The minimum atomic E-state index is -6.60. The first-order chi connectivity index (χ1) is 43.8. The number of fused-ring (bicyclic) bond motifs is 2. The average molecular weight is 1510 g/mol. The van der Waals surface area contributed by atoms with Crippen LogP contribution in [0.3, 0.4) is 0 Å². The number of rotatable bonds is 15. The van der Waals surface area contributed by atoms with Gasteiger partial charge in [0.25, 0.3) is 11.0 Å². The molecule has 8 rings (SSSR count). The van der Waals surface area contributed by atoms with E-state index in [4.69, 9.17) is 37.5 Å². The van der Waals surface area contributed by atoms with Crippen molar-refractivity contribution in [1.29, 1.82) is 0 Å². The smallest absolute Gasteiger partial charge is 0.512 e.